The van der Waals surface area contributed by atoms with Crippen molar-refractivity contribution in [1.29, 1.82) is 0 Å². The molecule has 176 valence electrons. The summed E-state index contributed by atoms with van der Waals surface area (Å²) in [5.41, 5.74) is 0.0706. The molecule has 1 aromatic carbocycles. The zero-order valence-electron chi connectivity index (χ0n) is 18.8. The highest BCUT2D eigenvalue weighted by atomic mass is 32.2. The van der Waals surface area contributed by atoms with E-state index in [0.717, 1.165) is 68.5 Å². The SMILES string of the molecule is CSc1cccc(Oc2ncc(F)cc2C(=O)NC2CCC(NC(=O)C3CCCC3)CC2)c1. The van der Waals surface area contributed by atoms with Gasteiger partial charge in [0.1, 0.15) is 17.1 Å². The minimum atomic E-state index is -0.594. The number of halogens is 1. The van der Waals surface area contributed by atoms with E-state index < -0.39 is 11.7 Å². The van der Waals surface area contributed by atoms with Crippen LogP contribution in [-0.2, 0) is 4.79 Å². The van der Waals surface area contributed by atoms with Crippen LogP contribution in [0.25, 0.3) is 0 Å². The standard InChI is InChI=1S/C25H30FN3O3S/c1-33-21-8-4-7-20(14-21)32-25-22(13-17(26)15-27-25)24(31)29-19-11-9-18(10-12-19)28-23(30)16-5-2-3-6-16/h4,7-8,13-16,18-19H,2-3,5-6,9-12H2,1H3,(H,28,30)(H,29,31). The maximum atomic E-state index is 13.9. The Morgan fingerprint density at radius 2 is 1.73 bits per heavy atom. The van der Waals surface area contributed by atoms with Gasteiger partial charge in [0.15, 0.2) is 0 Å². The second-order valence-electron chi connectivity index (χ2n) is 8.80. The fourth-order valence-corrected chi connectivity index (χ4v) is 5.05. The highest BCUT2D eigenvalue weighted by molar-refractivity contribution is 7.98. The van der Waals surface area contributed by atoms with Gasteiger partial charge in [-0.3, -0.25) is 9.59 Å². The molecule has 4 rings (SSSR count). The van der Waals surface area contributed by atoms with Gasteiger partial charge in [0.05, 0.1) is 6.20 Å². The van der Waals surface area contributed by atoms with E-state index in [1.165, 1.54) is 0 Å². The first-order valence-electron chi connectivity index (χ1n) is 11.6. The molecule has 0 bridgehead atoms. The number of benzene rings is 1. The van der Waals surface area contributed by atoms with Gasteiger partial charge in [-0.05, 0) is 69.0 Å². The number of ether oxygens (including phenoxy) is 1. The Bertz CT molecular complexity index is 989. The fraction of sp³-hybridized carbons (Fsp3) is 0.480. The third-order valence-corrected chi connectivity index (χ3v) is 7.18. The molecule has 2 N–H and O–H groups in total. The van der Waals surface area contributed by atoms with E-state index in [1.807, 2.05) is 24.5 Å². The number of rotatable bonds is 7. The van der Waals surface area contributed by atoms with Gasteiger partial charge >= 0.3 is 0 Å². The molecule has 2 amide bonds. The summed E-state index contributed by atoms with van der Waals surface area (Å²) in [4.78, 5) is 30.4. The Labute approximate surface area is 198 Å². The van der Waals surface area contributed by atoms with Gasteiger partial charge < -0.3 is 15.4 Å². The van der Waals surface area contributed by atoms with Crippen LogP contribution < -0.4 is 15.4 Å². The molecule has 33 heavy (non-hydrogen) atoms. The van der Waals surface area contributed by atoms with Crippen molar-refractivity contribution in [3.63, 3.8) is 0 Å². The van der Waals surface area contributed by atoms with Crippen molar-refractivity contribution in [2.75, 3.05) is 6.26 Å². The van der Waals surface area contributed by atoms with Crippen LogP contribution in [0, 0.1) is 11.7 Å². The Morgan fingerprint density at radius 3 is 2.42 bits per heavy atom. The summed E-state index contributed by atoms with van der Waals surface area (Å²) >= 11 is 1.57. The molecule has 0 saturated heterocycles. The number of hydrogen-bond donors (Lipinski definition) is 2. The van der Waals surface area contributed by atoms with Crippen molar-refractivity contribution < 1.29 is 18.7 Å². The smallest absolute Gasteiger partial charge is 0.257 e. The molecule has 2 saturated carbocycles. The van der Waals surface area contributed by atoms with E-state index >= 15 is 0 Å². The lowest BCUT2D eigenvalue weighted by Crippen LogP contribution is -2.45. The molecule has 1 heterocycles. The van der Waals surface area contributed by atoms with Crippen LogP contribution >= 0.6 is 11.8 Å². The van der Waals surface area contributed by atoms with Gasteiger partial charge in [0.25, 0.3) is 5.91 Å². The van der Waals surface area contributed by atoms with Crippen molar-refractivity contribution in [3.05, 3.63) is 47.9 Å². The maximum absolute atomic E-state index is 13.9. The largest absolute Gasteiger partial charge is 0.438 e. The summed E-state index contributed by atoms with van der Waals surface area (Å²) in [6.07, 6.45) is 10.4. The Balaban J connectivity index is 1.34. The highest BCUT2D eigenvalue weighted by Crippen LogP contribution is 2.28. The minimum Gasteiger partial charge on any atom is -0.438 e. The quantitative estimate of drug-likeness (QED) is 0.551. The zero-order chi connectivity index (χ0) is 23.2. The molecule has 8 heteroatoms. The number of aromatic nitrogens is 1. The van der Waals surface area contributed by atoms with Crippen molar-refractivity contribution in [2.45, 2.75) is 68.3 Å². The van der Waals surface area contributed by atoms with Crippen molar-refractivity contribution >= 4 is 23.6 Å². The molecule has 0 spiro atoms. The maximum Gasteiger partial charge on any atom is 0.257 e. The molecular weight excluding hydrogens is 441 g/mol. The number of pyridine rings is 1. The average Bonchev–Trinajstić information content (AvgIpc) is 3.37. The Kier molecular flexibility index (Phi) is 7.85. The fourth-order valence-electron chi connectivity index (χ4n) is 4.60. The summed E-state index contributed by atoms with van der Waals surface area (Å²) in [6, 6.07) is 8.71. The molecule has 2 fully saturated rings. The second-order valence-corrected chi connectivity index (χ2v) is 9.68. The third-order valence-electron chi connectivity index (χ3n) is 6.45. The van der Waals surface area contributed by atoms with E-state index in [0.29, 0.717) is 5.75 Å². The van der Waals surface area contributed by atoms with Gasteiger partial charge in [-0.15, -0.1) is 11.8 Å². The minimum absolute atomic E-state index is 0.0342. The van der Waals surface area contributed by atoms with E-state index in [1.54, 1.807) is 17.8 Å². The summed E-state index contributed by atoms with van der Waals surface area (Å²) in [5.74, 6) is -0.0468. The molecule has 0 radical (unpaired) electrons. The first-order valence-corrected chi connectivity index (χ1v) is 12.8. The normalized spacial score (nSPS) is 20.9. The number of nitrogens with zero attached hydrogens (tertiary/aromatic N) is 1. The number of thioether (sulfide) groups is 1. The summed E-state index contributed by atoms with van der Waals surface area (Å²) in [5, 5.41) is 6.18. The van der Waals surface area contributed by atoms with Crippen molar-refractivity contribution in [3.8, 4) is 11.6 Å². The molecule has 0 unspecified atom stereocenters. The Morgan fingerprint density at radius 1 is 1.03 bits per heavy atom. The van der Waals surface area contributed by atoms with Gasteiger partial charge in [-0.25, -0.2) is 9.37 Å². The highest BCUT2D eigenvalue weighted by Gasteiger charge is 2.28. The predicted octanol–water partition coefficient (Wildman–Crippen LogP) is 5.08. The van der Waals surface area contributed by atoms with Gasteiger partial charge in [-0.1, -0.05) is 18.9 Å². The molecule has 2 aliphatic rings. The topological polar surface area (TPSA) is 80.3 Å². The summed E-state index contributed by atoms with van der Waals surface area (Å²) in [6.45, 7) is 0. The summed E-state index contributed by atoms with van der Waals surface area (Å²) < 4.78 is 19.7. The number of carbonyl (C=O) groups excluding carboxylic acids is 2. The van der Waals surface area contributed by atoms with Crippen LogP contribution in [0.5, 0.6) is 11.6 Å². The van der Waals surface area contributed by atoms with E-state index in [2.05, 4.69) is 15.6 Å². The number of nitrogens with one attached hydrogen (secondary N) is 2. The molecular formula is C25H30FN3O3S. The van der Waals surface area contributed by atoms with Crippen LogP contribution in [-0.4, -0.2) is 35.1 Å². The van der Waals surface area contributed by atoms with E-state index in [4.69, 9.17) is 4.74 Å². The lowest BCUT2D eigenvalue weighted by molar-refractivity contribution is -0.125. The molecule has 6 nitrogen and oxygen atoms in total. The molecule has 2 aromatic rings. The molecule has 0 aliphatic heterocycles. The van der Waals surface area contributed by atoms with Crippen LogP contribution in [0.4, 0.5) is 4.39 Å². The monoisotopic (exact) mass is 471 g/mol. The zero-order valence-corrected chi connectivity index (χ0v) is 19.6. The van der Waals surface area contributed by atoms with Crippen LogP contribution in [0.2, 0.25) is 0 Å². The average molecular weight is 472 g/mol. The van der Waals surface area contributed by atoms with Crippen LogP contribution in [0.3, 0.4) is 0 Å². The van der Waals surface area contributed by atoms with Crippen LogP contribution in [0.15, 0.2) is 41.4 Å². The Hall–Kier alpha value is -2.61. The predicted molar refractivity (Wildman–Crippen MR) is 126 cm³/mol. The molecule has 0 atom stereocenters. The van der Waals surface area contributed by atoms with Crippen molar-refractivity contribution in [1.82, 2.24) is 15.6 Å². The number of hydrogen-bond acceptors (Lipinski definition) is 5. The lowest BCUT2D eigenvalue weighted by Gasteiger charge is -2.30. The second kappa shape index (κ2) is 11.0. The van der Waals surface area contributed by atoms with Gasteiger partial charge in [0.2, 0.25) is 11.8 Å². The summed E-state index contributed by atoms with van der Waals surface area (Å²) in [7, 11) is 0. The van der Waals surface area contributed by atoms with E-state index in [9.17, 15) is 14.0 Å². The molecule has 2 aliphatic carbocycles. The lowest BCUT2D eigenvalue weighted by atomic mass is 9.90. The van der Waals surface area contributed by atoms with Gasteiger partial charge in [0, 0.05) is 22.9 Å². The van der Waals surface area contributed by atoms with E-state index in [-0.39, 0.29) is 35.4 Å². The first kappa shape index (κ1) is 23.5. The van der Waals surface area contributed by atoms with Crippen LogP contribution in [0.1, 0.15) is 61.7 Å². The number of carbonyl (C=O) groups is 2. The molecule has 1 aromatic heterocycles. The van der Waals surface area contributed by atoms with Gasteiger partial charge in [-0.2, -0.15) is 0 Å². The first-order chi connectivity index (χ1) is 16.0. The van der Waals surface area contributed by atoms with Crippen molar-refractivity contribution in [2.24, 2.45) is 5.92 Å². The number of amides is 2. The third kappa shape index (κ3) is 6.25.